The van der Waals surface area contributed by atoms with Crippen molar-refractivity contribution < 1.29 is 0 Å². The summed E-state index contributed by atoms with van der Waals surface area (Å²) in [5.41, 5.74) is 24.1. The van der Waals surface area contributed by atoms with Crippen LogP contribution in [0.25, 0.3) is 0 Å². The molecule has 6 aromatic carbocycles. The van der Waals surface area contributed by atoms with E-state index < -0.39 is 0 Å². The van der Waals surface area contributed by atoms with Crippen LogP contribution in [0.15, 0.2) is 109 Å². The summed E-state index contributed by atoms with van der Waals surface area (Å²) in [6.45, 7) is 37.9. The van der Waals surface area contributed by atoms with Crippen molar-refractivity contribution in [3.63, 3.8) is 0 Å². The van der Waals surface area contributed by atoms with Crippen LogP contribution >= 0.6 is 0 Å². The second kappa shape index (κ2) is 14.6. The first-order chi connectivity index (χ1) is 30.8. The molecule has 66 heavy (non-hydrogen) atoms. The molecule has 0 saturated heterocycles. The van der Waals surface area contributed by atoms with Gasteiger partial charge in [-0.2, -0.15) is 0 Å². The quantitative estimate of drug-likeness (QED) is 0.164. The molecule has 1 saturated carbocycles. The lowest BCUT2D eigenvalue weighted by Crippen LogP contribution is -2.61. The van der Waals surface area contributed by atoms with Gasteiger partial charge in [-0.05, 0) is 165 Å². The second-order valence-electron chi connectivity index (χ2n) is 25.3. The van der Waals surface area contributed by atoms with Crippen molar-refractivity contribution >= 4 is 68.6 Å². The molecule has 4 aliphatic rings. The topological polar surface area (TPSA) is 9.72 Å². The third kappa shape index (κ3) is 6.73. The van der Waals surface area contributed by atoms with Crippen LogP contribution in [0.1, 0.15) is 162 Å². The van der Waals surface area contributed by atoms with Gasteiger partial charge in [-0.1, -0.05) is 157 Å². The van der Waals surface area contributed by atoms with Crippen molar-refractivity contribution in [1.82, 2.24) is 0 Å². The van der Waals surface area contributed by atoms with Crippen LogP contribution < -0.4 is 31.1 Å². The van der Waals surface area contributed by atoms with Gasteiger partial charge >= 0.3 is 0 Å². The lowest BCUT2D eigenvalue weighted by atomic mass is 9.33. The predicted molar refractivity (Wildman–Crippen MR) is 288 cm³/mol. The molecule has 0 N–H and O–H groups in total. The van der Waals surface area contributed by atoms with Crippen LogP contribution in [0.5, 0.6) is 0 Å². The van der Waals surface area contributed by atoms with E-state index in [2.05, 4.69) is 235 Å². The lowest BCUT2D eigenvalue weighted by molar-refractivity contribution is 0.195. The number of benzene rings is 6. The van der Waals surface area contributed by atoms with Crippen molar-refractivity contribution in [2.24, 2.45) is 0 Å². The Morgan fingerprint density at radius 3 is 1.56 bits per heavy atom. The molecular weight excluding hydrogens is 798 g/mol. The van der Waals surface area contributed by atoms with Crippen molar-refractivity contribution in [3.05, 3.63) is 148 Å². The zero-order valence-corrected chi connectivity index (χ0v) is 43.1. The minimum atomic E-state index is -0.0617. The Hall–Kier alpha value is -5.22. The molecule has 340 valence electrons. The molecule has 4 heteroatoms. The fourth-order valence-electron chi connectivity index (χ4n) is 12.4. The third-order valence-corrected chi connectivity index (χ3v) is 16.6. The van der Waals surface area contributed by atoms with Crippen LogP contribution in [0.4, 0.5) is 45.5 Å². The average molecular weight is 872 g/mol. The maximum Gasteiger partial charge on any atom is 0.252 e. The van der Waals surface area contributed by atoms with Gasteiger partial charge in [0.1, 0.15) is 0 Å². The predicted octanol–water partition coefficient (Wildman–Crippen LogP) is 15.3. The average Bonchev–Trinajstić information content (AvgIpc) is 3.44. The van der Waals surface area contributed by atoms with Gasteiger partial charge in [-0.25, -0.2) is 0 Å². The fourth-order valence-corrected chi connectivity index (χ4v) is 12.4. The van der Waals surface area contributed by atoms with Gasteiger partial charge in [0.2, 0.25) is 0 Å². The van der Waals surface area contributed by atoms with Gasteiger partial charge in [-0.15, -0.1) is 0 Å². The summed E-state index contributed by atoms with van der Waals surface area (Å²) < 4.78 is 0. The van der Waals surface area contributed by atoms with Gasteiger partial charge < -0.3 is 14.7 Å². The molecule has 10 rings (SSSR count). The first kappa shape index (κ1) is 44.6. The van der Waals surface area contributed by atoms with E-state index in [9.17, 15) is 0 Å². The van der Waals surface area contributed by atoms with Crippen molar-refractivity contribution in [3.8, 4) is 0 Å². The molecular formula is C62H74BN3. The number of fused-ring (bicyclic) bond motifs is 7. The number of nitrogens with zero attached hydrogens (tertiary/aromatic N) is 3. The van der Waals surface area contributed by atoms with E-state index in [-0.39, 0.29) is 39.3 Å². The van der Waals surface area contributed by atoms with Gasteiger partial charge in [0, 0.05) is 50.9 Å². The SMILES string of the molecule is Cc1cc2c3c(c1)N(c1ccc(C(C)(C)C)cc1C)c1ccc(C(C)(C)C)cc1B3c1ccc(N3c4ccc(C(C)(C)C)cc4C4(C)CCCCC34C)cc1N2c1ccc(C(C)(C)C)cc1. The van der Waals surface area contributed by atoms with Gasteiger partial charge in [0.25, 0.3) is 6.71 Å². The van der Waals surface area contributed by atoms with Crippen molar-refractivity contribution in [2.75, 3.05) is 14.7 Å². The molecule has 0 aromatic heterocycles. The minimum Gasteiger partial charge on any atom is -0.334 e. The molecule has 0 spiro atoms. The molecule has 1 fully saturated rings. The first-order valence-electron chi connectivity index (χ1n) is 25.0. The highest BCUT2D eigenvalue weighted by molar-refractivity contribution is 7.00. The lowest BCUT2D eigenvalue weighted by Gasteiger charge is -2.50. The highest BCUT2D eigenvalue weighted by Crippen LogP contribution is 2.61. The second-order valence-corrected chi connectivity index (χ2v) is 25.3. The van der Waals surface area contributed by atoms with Gasteiger partial charge in [-0.3, -0.25) is 0 Å². The van der Waals surface area contributed by atoms with E-state index >= 15 is 0 Å². The normalized spacial score (nSPS) is 20.2. The maximum atomic E-state index is 2.78. The zero-order valence-electron chi connectivity index (χ0n) is 43.1. The van der Waals surface area contributed by atoms with Gasteiger partial charge in [0.15, 0.2) is 0 Å². The zero-order chi connectivity index (χ0) is 47.3. The molecule has 3 heterocycles. The van der Waals surface area contributed by atoms with Crippen LogP contribution in [-0.2, 0) is 27.1 Å². The Morgan fingerprint density at radius 2 is 0.955 bits per heavy atom. The fraction of sp³-hybridized carbons (Fsp3) is 0.419. The van der Waals surface area contributed by atoms with Crippen LogP contribution in [0.3, 0.4) is 0 Å². The summed E-state index contributed by atoms with van der Waals surface area (Å²) in [5.74, 6) is 0. The number of aryl methyl sites for hydroxylation is 2. The number of hydrogen-bond acceptors (Lipinski definition) is 3. The molecule has 2 atom stereocenters. The maximum absolute atomic E-state index is 2.78. The summed E-state index contributed by atoms with van der Waals surface area (Å²) >= 11 is 0. The molecule has 0 bridgehead atoms. The van der Waals surface area contributed by atoms with E-state index in [4.69, 9.17) is 0 Å². The van der Waals surface area contributed by atoms with Gasteiger partial charge in [0.05, 0.1) is 5.54 Å². The molecule has 6 aromatic rings. The Labute approximate surface area is 398 Å². The summed E-state index contributed by atoms with van der Waals surface area (Å²) in [5, 5.41) is 0. The minimum absolute atomic E-state index is 0.0131. The number of rotatable bonds is 3. The Morgan fingerprint density at radius 1 is 0.439 bits per heavy atom. The summed E-state index contributed by atoms with van der Waals surface area (Å²) in [4.78, 5) is 8.01. The Bertz CT molecular complexity index is 2930. The van der Waals surface area contributed by atoms with E-state index in [0.29, 0.717) is 0 Å². The van der Waals surface area contributed by atoms with E-state index in [1.165, 1.54) is 127 Å². The molecule has 0 amide bonds. The third-order valence-electron chi connectivity index (χ3n) is 16.6. The summed E-state index contributed by atoms with van der Waals surface area (Å²) in [6, 6.07) is 44.0. The monoisotopic (exact) mass is 872 g/mol. The largest absolute Gasteiger partial charge is 0.334 e. The number of hydrogen-bond donors (Lipinski definition) is 0. The summed E-state index contributed by atoms with van der Waals surface area (Å²) in [7, 11) is 0. The summed E-state index contributed by atoms with van der Waals surface area (Å²) in [6.07, 6.45) is 4.90. The number of anilines is 8. The highest BCUT2D eigenvalue weighted by Gasteiger charge is 2.58. The van der Waals surface area contributed by atoms with Crippen LogP contribution in [0.2, 0.25) is 0 Å². The van der Waals surface area contributed by atoms with Crippen molar-refractivity contribution in [1.29, 1.82) is 0 Å². The molecule has 0 radical (unpaired) electrons. The highest BCUT2D eigenvalue weighted by atomic mass is 15.3. The molecule has 3 aliphatic heterocycles. The standard InChI is InChI=1S/C62H74BN3/c1-39-33-54-56-55(34-39)65(50-28-21-42(35-40(50)2)58(6,7)8)52-30-23-44(60(12,13)14)37-49(52)63(56)48-27-26-46(38-53(48)64(54)45-24-19-41(20-25-45)57(3,4)5)66-51-29-22-43(59(9,10)11)36-47(51)61(15)31-17-18-32-62(61,66)16/h19-30,33-38H,17-18,31-32H2,1-16H3. The molecule has 1 aliphatic carbocycles. The molecule has 3 nitrogen and oxygen atoms in total. The van der Waals surface area contributed by atoms with Crippen LogP contribution in [-0.4, -0.2) is 12.3 Å². The van der Waals surface area contributed by atoms with E-state index in [1.807, 2.05) is 0 Å². The van der Waals surface area contributed by atoms with E-state index in [1.54, 1.807) is 0 Å². The smallest absolute Gasteiger partial charge is 0.252 e. The van der Waals surface area contributed by atoms with Crippen molar-refractivity contribution in [2.45, 2.75) is 169 Å². The molecule has 2 unspecified atom stereocenters. The van der Waals surface area contributed by atoms with Crippen LogP contribution in [0, 0.1) is 13.8 Å². The Kier molecular flexibility index (Phi) is 9.90. The van der Waals surface area contributed by atoms with E-state index in [0.717, 1.165) is 0 Å². The Balaban J connectivity index is 1.26. The first-order valence-corrected chi connectivity index (χ1v) is 25.0.